The molecule has 0 amide bonds. The number of allylic oxidation sites excluding steroid dienone is 1. The first-order valence-electron chi connectivity index (χ1n) is 11.5. The molecule has 0 fully saturated rings. The summed E-state index contributed by atoms with van der Waals surface area (Å²) in [5.74, 6) is 1.04. The maximum absolute atomic E-state index is 4.66. The molecule has 0 saturated carbocycles. The van der Waals surface area contributed by atoms with Crippen LogP contribution in [-0.4, -0.2) is 26.9 Å². The van der Waals surface area contributed by atoms with Gasteiger partial charge >= 0.3 is 5.82 Å². The predicted octanol–water partition coefficient (Wildman–Crippen LogP) is 7.47. The van der Waals surface area contributed by atoms with Crippen LogP contribution in [0.1, 0.15) is 25.0 Å². The summed E-state index contributed by atoms with van der Waals surface area (Å²) in [6, 6.07) is 27.9. The molecule has 3 nitrogen and oxygen atoms in total. The fourth-order valence-corrected chi connectivity index (χ4v) is 6.01. The summed E-state index contributed by atoms with van der Waals surface area (Å²) < 4.78 is 4.62. The highest BCUT2D eigenvalue weighted by Gasteiger charge is 2.41. The zero-order valence-electron chi connectivity index (χ0n) is 19.6. The number of benzene rings is 2. The van der Waals surface area contributed by atoms with Gasteiger partial charge in [-0.15, -0.1) is 11.3 Å². The van der Waals surface area contributed by atoms with Crippen molar-refractivity contribution < 1.29 is 4.58 Å². The minimum Gasteiger partial charge on any atom is -0.308 e. The van der Waals surface area contributed by atoms with Crippen LogP contribution in [0.15, 0.2) is 96.5 Å². The molecule has 6 rings (SSSR count). The summed E-state index contributed by atoms with van der Waals surface area (Å²) in [5, 5.41) is 3.40. The molecule has 0 bridgehead atoms. The predicted molar refractivity (Wildman–Crippen MR) is 144 cm³/mol. The first-order valence-corrected chi connectivity index (χ1v) is 12.4. The largest absolute Gasteiger partial charge is 0.327 e. The van der Waals surface area contributed by atoms with Crippen LogP contribution in [0, 0.1) is 0 Å². The molecule has 3 aromatic heterocycles. The van der Waals surface area contributed by atoms with E-state index < -0.39 is 0 Å². The van der Waals surface area contributed by atoms with E-state index >= 15 is 0 Å². The molecule has 166 valence electrons. The van der Waals surface area contributed by atoms with Crippen molar-refractivity contribution in [2.45, 2.75) is 19.3 Å². The van der Waals surface area contributed by atoms with E-state index in [4.69, 9.17) is 0 Å². The molecule has 0 aliphatic carbocycles. The van der Waals surface area contributed by atoms with E-state index in [0.29, 0.717) is 0 Å². The second-order valence-electron chi connectivity index (χ2n) is 9.20. The Hall–Kier alpha value is -3.76. The minimum atomic E-state index is -0.115. The van der Waals surface area contributed by atoms with Crippen molar-refractivity contribution in [2.75, 3.05) is 7.05 Å². The molecular formula is C30H26N3S+. The molecule has 0 N–H and O–H groups in total. The molecule has 0 spiro atoms. The number of hydrogen-bond donors (Lipinski definition) is 0. The SMILES string of the molecule is C[N+]1=C(C=Cc2c(-c3cccs3)n(-c3ccccc3)c3ccccc23)C(C)(C)c2cccnc21. The Kier molecular flexibility index (Phi) is 4.85. The average Bonchev–Trinajstić information content (AvgIpc) is 3.55. The van der Waals surface area contributed by atoms with Gasteiger partial charge in [-0.3, -0.25) is 0 Å². The number of fused-ring (bicyclic) bond motifs is 2. The summed E-state index contributed by atoms with van der Waals surface area (Å²) in [6.07, 6.45) is 6.46. The van der Waals surface area contributed by atoms with Gasteiger partial charge in [-0.1, -0.05) is 42.5 Å². The molecule has 5 aromatic rings. The van der Waals surface area contributed by atoms with Crippen molar-refractivity contribution in [2.24, 2.45) is 0 Å². The standard InChI is InChI=1S/C30H26N3S/c1-30(2)24-14-9-19-31-29(24)32(3)27(30)18-17-23-22-13-7-8-15-25(22)33(21-11-5-4-6-12-21)28(23)26-16-10-20-34-26/h4-20H,1-3H3/q+1. The molecule has 0 saturated heterocycles. The van der Waals surface area contributed by atoms with Gasteiger partial charge in [-0.2, -0.15) is 0 Å². The van der Waals surface area contributed by atoms with Gasteiger partial charge in [0.1, 0.15) is 11.9 Å². The lowest BCUT2D eigenvalue weighted by Gasteiger charge is -2.17. The Balaban J connectivity index is 1.60. The molecule has 0 atom stereocenters. The van der Waals surface area contributed by atoms with Gasteiger partial charge in [-0.05, 0) is 72.8 Å². The van der Waals surface area contributed by atoms with E-state index in [9.17, 15) is 0 Å². The molecule has 2 aromatic carbocycles. The summed E-state index contributed by atoms with van der Waals surface area (Å²) >= 11 is 1.78. The number of aromatic nitrogens is 2. The van der Waals surface area contributed by atoms with Crippen LogP contribution >= 0.6 is 11.3 Å². The van der Waals surface area contributed by atoms with E-state index in [0.717, 1.165) is 5.82 Å². The van der Waals surface area contributed by atoms with Gasteiger partial charge in [0.25, 0.3) is 0 Å². The summed E-state index contributed by atoms with van der Waals surface area (Å²) in [5.41, 5.74) is 7.25. The Morgan fingerprint density at radius 3 is 2.44 bits per heavy atom. The molecule has 4 heterocycles. The molecule has 0 unspecified atom stereocenters. The fraction of sp³-hybridized carbons (Fsp3) is 0.133. The van der Waals surface area contributed by atoms with Gasteiger partial charge in [0.2, 0.25) is 0 Å². The number of nitrogens with zero attached hydrogens (tertiary/aromatic N) is 3. The topological polar surface area (TPSA) is 20.8 Å². The Morgan fingerprint density at radius 2 is 1.68 bits per heavy atom. The lowest BCUT2D eigenvalue weighted by Crippen LogP contribution is -2.26. The number of thiophene rings is 1. The van der Waals surface area contributed by atoms with Crippen LogP contribution in [0.5, 0.6) is 0 Å². The van der Waals surface area contributed by atoms with E-state index in [-0.39, 0.29) is 5.41 Å². The van der Waals surface area contributed by atoms with E-state index in [1.807, 2.05) is 12.3 Å². The quantitative estimate of drug-likeness (QED) is 0.255. The van der Waals surface area contributed by atoms with E-state index in [1.54, 1.807) is 11.3 Å². The third-order valence-electron chi connectivity index (χ3n) is 6.87. The zero-order valence-corrected chi connectivity index (χ0v) is 20.4. The summed E-state index contributed by atoms with van der Waals surface area (Å²) in [7, 11) is 2.12. The van der Waals surface area contributed by atoms with Crippen LogP contribution < -0.4 is 0 Å². The highest BCUT2D eigenvalue weighted by Crippen LogP contribution is 2.41. The van der Waals surface area contributed by atoms with Gasteiger partial charge in [0.05, 0.1) is 34.1 Å². The molecule has 1 aliphatic rings. The third kappa shape index (κ3) is 3.10. The first kappa shape index (κ1) is 20.8. The Bertz CT molecular complexity index is 1570. The van der Waals surface area contributed by atoms with Crippen molar-refractivity contribution >= 4 is 39.8 Å². The zero-order chi connectivity index (χ0) is 23.3. The van der Waals surface area contributed by atoms with Gasteiger partial charge < -0.3 is 4.57 Å². The molecule has 0 radical (unpaired) electrons. The van der Waals surface area contributed by atoms with Crippen molar-refractivity contribution in [1.29, 1.82) is 0 Å². The monoisotopic (exact) mass is 460 g/mol. The van der Waals surface area contributed by atoms with Crippen molar-refractivity contribution in [3.8, 4) is 16.3 Å². The number of hydrogen-bond acceptors (Lipinski definition) is 2. The molecule has 4 heteroatoms. The lowest BCUT2D eigenvalue weighted by atomic mass is 9.82. The van der Waals surface area contributed by atoms with Gasteiger partial charge in [0.15, 0.2) is 0 Å². The fourth-order valence-electron chi connectivity index (χ4n) is 5.24. The third-order valence-corrected chi connectivity index (χ3v) is 7.75. The first-order chi connectivity index (χ1) is 16.6. The number of pyridine rings is 1. The number of para-hydroxylation sites is 2. The van der Waals surface area contributed by atoms with Gasteiger partial charge in [0, 0.05) is 16.6 Å². The van der Waals surface area contributed by atoms with Crippen molar-refractivity contribution in [3.05, 3.63) is 108 Å². The summed E-state index contributed by atoms with van der Waals surface area (Å²) in [4.78, 5) is 5.92. The normalized spacial score (nSPS) is 14.9. The van der Waals surface area contributed by atoms with Crippen LogP contribution in [0.3, 0.4) is 0 Å². The Labute approximate surface area is 204 Å². The highest BCUT2D eigenvalue weighted by molar-refractivity contribution is 7.13. The van der Waals surface area contributed by atoms with Crippen LogP contribution in [-0.2, 0) is 5.41 Å². The lowest BCUT2D eigenvalue weighted by molar-refractivity contribution is -0.405. The van der Waals surface area contributed by atoms with Crippen LogP contribution in [0.2, 0.25) is 0 Å². The molecular weight excluding hydrogens is 434 g/mol. The Morgan fingerprint density at radius 1 is 0.882 bits per heavy atom. The average molecular weight is 461 g/mol. The van der Waals surface area contributed by atoms with Crippen LogP contribution in [0.4, 0.5) is 5.82 Å². The van der Waals surface area contributed by atoms with Crippen molar-refractivity contribution in [1.82, 2.24) is 9.55 Å². The smallest absolute Gasteiger partial charge is 0.308 e. The van der Waals surface area contributed by atoms with Crippen LogP contribution in [0.25, 0.3) is 33.2 Å². The molecule has 34 heavy (non-hydrogen) atoms. The van der Waals surface area contributed by atoms with Crippen molar-refractivity contribution in [3.63, 3.8) is 0 Å². The van der Waals surface area contributed by atoms with Gasteiger partial charge in [-0.25, -0.2) is 4.58 Å². The summed E-state index contributed by atoms with van der Waals surface area (Å²) in [6.45, 7) is 4.56. The van der Waals surface area contributed by atoms with E-state index in [2.05, 4.69) is 125 Å². The number of rotatable bonds is 4. The maximum Gasteiger partial charge on any atom is 0.327 e. The maximum atomic E-state index is 4.66. The second kappa shape index (κ2) is 7.93. The minimum absolute atomic E-state index is 0.115. The molecule has 1 aliphatic heterocycles. The second-order valence-corrected chi connectivity index (χ2v) is 10.2. The highest BCUT2D eigenvalue weighted by atomic mass is 32.1. The van der Waals surface area contributed by atoms with E-state index in [1.165, 1.54) is 44.0 Å².